The van der Waals surface area contributed by atoms with Gasteiger partial charge >= 0.3 is 0 Å². The zero-order valence-electron chi connectivity index (χ0n) is 12.7. The summed E-state index contributed by atoms with van der Waals surface area (Å²) in [6, 6.07) is 13.0. The lowest BCUT2D eigenvalue weighted by atomic mass is 10.1. The van der Waals surface area contributed by atoms with E-state index < -0.39 is 0 Å². The molecule has 2 N–H and O–H groups in total. The number of aromatic nitrogens is 2. The molecule has 0 aliphatic carbocycles. The zero-order chi connectivity index (χ0) is 16.7. The van der Waals surface area contributed by atoms with Crippen molar-refractivity contribution in [1.29, 1.82) is 0 Å². The predicted octanol–water partition coefficient (Wildman–Crippen LogP) is 3.78. The van der Waals surface area contributed by atoms with Gasteiger partial charge in [-0.1, -0.05) is 11.6 Å². The fraction of sp³-hybridized carbons (Fsp3) is 0.0588. The van der Waals surface area contributed by atoms with Gasteiger partial charge < -0.3 is 9.73 Å². The van der Waals surface area contributed by atoms with Crippen molar-refractivity contribution in [3.8, 4) is 11.5 Å². The molecule has 0 unspecified atom stereocenters. The van der Waals surface area contributed by atoms with Crippen LogP contribution in [0.2, 0.25) is 0 Å². The number of anilines is 1. The number of aliphatic imine (C=N–C) groups is 1. The number of fused-ring (bicyclic) bond motifs is 1. The maximum Gasteiger partial charge on any atom is 0.284 e. The highest BCUT2D eigenvalue weighted by Gasteiger charge is 2.25. The van der Waals surface area contributed by atoms with Crippen molar-refractivity contribution in [1.82, 2.24) is 10.2 Å². The summed E-state index contributed by atoms with van der Waals surface area (Å²) >= 11 is 4.86. The van der Waals surface area contributed by atoms with Crippen LogP contribution in [0.5, 0.6) is 0 Å². The van der Waals surface area contributed by atoms with E-state index in [4.69, 9.17) is 16.6 Å². The van der Waals surface area contributed by atoms with Crippen LogP contribution in [-0.4, -0.2) is 21.8 Å². The van der Waals surface area contributed by atoms with Crippen molar-refractivity contribution in [3.05, 3.63) is 58.4 Å². The molecule has 0 radical (unpaired) electrons. The smallest absolute Gasteiger partial charge is 0.284 e. The van der Waals surface area contributed by atoms with Crippen molar-refractivity contribution in [3.63, 3.8) is 0 Å². The molecular formula is C17H12N4O2S. The van der Waals surface area contributed by atoms with Crippen LogP contribution in [0.1, 0.15) is 11.1 Å². The van der Waals surface area contributed by atoms with Gasteiger partial charge in [0.15, 0.2) is 0 Å². The number of rotatable bonds is 2. The number of nitrogens with zero attached hydrogens (tertiary/aromatic N) is 2. The quantitative estimate of drug-likeness (QED) is 0.698. The van der Waals surface area contributed by atoms with Crippen LogP contribution in [0, 0.1) is 11.8 Å². The third-order valence-corrected chi connectivity index (χ3v) is 3.86. The first-order chi connectivity index (χ1) is 11.6. The average molecular weight is 336 g/mol. The van der Waals surface area contributed by atoms with Gasteiger partial charge in [-0.15, -0.1) is 5.10 Å². The highest BCUT2D eigenvalue weighted by molar-refractivity contribution is 7.71. The Morgan fingerprint density at radius 3 is 2.67 bits per heavy atom. The van der Waals surface area contributed by atoms with Gasteiger partial charge in [0, 0.05) is 11.1 Å². The van der Waals surface area contributed by atoms with Crippen LogP contribution in [0.25, 0.3) is 11.5 Å². The Morgan fingerprint density at radius 1 is 1.17 bits per heavy atom. The molecule has 1 aliphatic heterocycles. The van der Waals surface area contributed by atoms with Crippen LogP contribution >= 0.6 is 12.2 Å². The molecule has 0 bridgehead atoms. The van der Waals surface area contributed by atoms with Crippen molar-refractivity contribution in [2.75, 3.05) is 5.32 Å². The van der Waals surface area contributed by atoms with E-state index in [0.717, 1.165) is 22.4 Å². The Hall–Kier alpha value is -3.06. The van der Waals surface area contributed by atoms with E-state index >= 15 is 0 Å². The first-order valence-electron chi connectivity index (χ1n) is 7.27. The molecule has 3 aromatic rings. The SMILES string of the molecule is Cc1ccc2c(c1)C(=Nc1ccc(-c3n[nH]c(=S)o3)cc1)C(=O)N2. The second-order valence-corrected chi connectivity index (χ2v) is 5.80. The number of carbonyl (C=O) groups excluding carboxylic acids is 1. The first-order valence-corrected chi connectivity index (χ1v) is 7.68. The normalized spacial score (nSPS) is 14.7. The molecule has 0 saturated carbocycles. The van der Waals surface area contributed by atoms with Crippen LogP contribution in [-0.2, 0) is 4.79 Å². The summed E-state index contributed by atoms with van der Waals surface area (Å²) in [5.41, 5.74) is 4.55. The van der Waals surface area contributed by atoms with E-state index in [1.165, 1.54) is 0 Å². The van der Waals surface area contributed by atoms with Crippen LogP contribution < -0.4 is 5.32 Å². The van der Waals surface area contributed by atoms with Crippen LogP contribution in [0.3, 0.4) is 0 Å². The molecule has 2 aromatic carbocycles. The molecule has 1 aliphatic rings. The van der Waals surface area contributed by atoms with Crippen molar-refractivity contribution >= 4 is 35.2 Å². The minimum atomic E-state index is -0.197. The van der Waals surface area contributed by atoms with Gasteiger partial charge in [-0.2, -0.15) is 0 Å². The van der Waals surface area contributed by atoms with Crippen LogP contribution in [0.15, 0.2) is 51.9 Å². The minimum Gasteiger partial charge on any atom is -0.409 e. The van der Waals surface area contributed by atoms with E-state index in [-0.39, 0.29) is 10.7 Å². The number of hydrogen-bond acceptors (Lipinski definition) is 5. The third-order valence-electron chi connectivity index (χ3n) is 3.69. The fourth-order valence-corrected chi connectivity index (χ4v) is 2.66. The summed E-state index contributed by atoms with van der Waals surface area (Å²) in [6.45, 7) is 1.98. The number of hydrogen-bond donors (Lipinski definition) is 2. The number of carbonyl (C=O) groups is 1. The molecule has 6 nitrogen and oxygen atoms in total. The summed E-state index contributed by atoms with van der Waals surface area (Å²) in [4.78, 5) is 16.9. The highest BCUT2D eigenvalue weighted by Crippen LogP contribution is 2.27. The fourth-order valence-electron chi connectivity index (χ4n) is 2.54. The maximum atomic E-state index is 12.2. The Labute approximate surface area is 142 Å². The van der Waals surface area contributed by atoms with Crippen molar-refractivity contribution < 1.29 is 9.21 Å². The second-order valence-electron chi connectivity index (χ2n) is 5.43. The van der Waals surface area contributed by atoms with Gasteiger partial charge in [-0.05, 0) is 55.5 Å². The number of benzene rings is 2. The average Bonchev–Trinajstić information content (AvgIpc) is 3.13. The first kappa shape index (κ1) is 14.5. The summed E-state index contributed by atoms with van der Waals surface area (Å²) in [5.74, 6) is 0.219. The van der Waals surface area contributed by atoms with Gasteiger partial charge in [-0.25, -0.2) is 10.1 Å². The molecule has 24 heavy (non-hydrogen) atoms. The van der Waals surface area contributed by atoms with Crippen molar-refractivity contribution in [2.45, 2.75) is 6.92 Å². The predicted molar refractivity (Wildman–Crippen MR) is 93.1 cm³/mol. The highest BCUT2D eigenvalue weighted by atomic mass is 32.1. The summed E-state index contributed by atoms with van der Waals surface area (Å²) in [6.07, 6.45) is 0. The molecule has 2 heterocycles. The molecule has 118 valence electrons. The lowest BCUT2D eigenvalue weighted by Crippen LogP contribution is -2.13. The van der Waals surface area contributed by atoms with Gasteiger partial charge in [0.1, 0.15) is 5.71 Å². The largest absolute Gasteiger partial charge is 0.409 e. The monoisotopic (exact) mass is 336 g/mol. The molecule has 0 spiro atoms. The summed E-state index contributed by atoms with van der Waals surface area (Å²) in [5, 5.41) is 9.38. The summed E-state index contributed by atoms with van der Waals surface area (Å²) in [7, 11) is 0. The topological polar surface area (TPSA) is 83.3 Å². The molecule has 4 rings (SSSR count). The zero-order valence-corrected chi connectivity index (χ0v) is 13.5. The van der Waals surface area contributed by atoms with E-state index in [0.29, 0.717) is 17.3 Å². The summed E-state index contributed by atoms with van der Waals surface area (Å²) < 4.78 is 5.27. The van der Waals surface area contributed by atoms with E-state index in [1.54, 1.807) is 12.1 Å². The molecular weight excluding hydrogens is 324 g/mol. The molecule has 1 amide bonds. The lowest BCUT2D eigenvalue weighted by Gasteiger charge is -2.00. The van der Waals surface area contributed by atoms with Gasteiger partial charge in [0.2, 0.25) is 5.89 Å². The molecule has 7 heteroatoms. The number of aromatic amines is 1. The maximum absolute atomic E-state index is 12.2. The molecule has 0 atom stereocenters. The lowest BCUT2D eigenvalue weighted by molar-refractivity contribution is -0.110. The number of amides is 1. The van der Waals surface area contributed by atoms with Gasteiger partial charge in [0.05, 0.1) is 11.4 Å². The van der Waals surface area contributed by atoms with E-state index in [2.05, 4.69) is 20.5 Å². The third kappa shape index (κ3) is 2.55. The van der Waals surface area contributed by atoms with E-state index in [9.17, 15) is 4.79 Å². The number of H-pyrrole nitrogens is 1. The Bertz CT molecular complexity index is 1030. The Kier molecular flexibility index (Phi) is 3.35. The van der Waals surface area contributed by atoms with E-state index in [1.807, 2.05) is 37.3 Å². The molecule has 0 saturated heterocycles. The standard InChI is InChI=1S/C17H12N4O2S/c1-9-2-7-13-12(8-9)14(15(22)19-13)18-11-5-3-10(4-6-11)16-20-21-17(24)23-16/h2-8H,1H3,(H,21,24)(H,18,19,22). The second kappa shape index (κ2) is 5.54. The van der Waals surface area contributed by atoms with Crippen molar-refractivity contribution in [2.24, 2.45) is 4.99 Å². The Morgan fingerprint density at radius 2 is 1.96 bits per heavy atom. The molecule has 1 aromatic heterocycles. The van der Waals surface area contributed by atoms with Gasteiger partial charge in [0.25, 0.3) is 10.7 Å². The van der Waals surface area contributed by atoms with Gasteiger partial charge in [-0.3, -0.25) is 4.79 Å². The Balaban J connectivity index is 1.70. The molecule has 0 fully saturated rings. The number of aryl methyl sites for hydroxylation is 1. The minimum absolute atomic E-state index is 0.197. The number of nitrogens with one attached hydrogen (secondary N) is 2. The van der Waals surface area contributed by atoms with Crippen LogP contribution in [0.4, 0.5) is 11.4 Å².